The van der Waals surface area contributed by atoms with Gasteiger partial charge in [0.1, 0.15) is 12.4 Å². The highest BCUT2D eigenvalue weighted by Gasteiger charge is 2.05. The van der Waals surface area contributed by atoms with Gasteiger partial charge in [0.05, 0.1) is 0 Å². The number of benzene rings is 2. The smallest absolute Gasteiger partial charge is 0.167 e. The maximum Gasteiger partial charge on any atom is 0.167 e. The van der Waals surface area contributed by atoms with Crippen LogP contribution in [0.1, 0.15) is 6.92 Å². The Labute approximate surface area is 98.8 Å². The fourth-order valence-electron chi connectivity index (χ4n) is 1.54. The van der Waals surface area contributed by atoms with Crippen molar-refractivity contribution in [3.63, 3.8) is 0 Å². The first-order valence-corrected chi connectivity index (χ1v) is 5.36. The Balaban J connectivity index is 2.46. The minimum Gasteiger partial charge on any atom is -0.485 e. The zero-order valence-corrected chi connectivity index (χ0v) is 9.62. The molecule has 0 N–H and O–H groups in total. The zero-order valence-electron chi connectivity index (χ0n) is 8.87. The number of Topliss-reactive ketones (excluding diaryl/α,β-unsaturated/α-hetero) is 1. The Kier molecular flexibility index (Phi) is 3.11. The van der Waals surface area contributed by atoms with Crippen LogP contribution in [-0.2, 0) is 4.79 Å². The molecule has 0 spiro atoms. The van der Waals surface area contributed by atoms with Crippen molar-refractivity contribution >= 4 is 28.2 Å². The molecule has 0 aromatic heterocycles. The largest absolute Gasteiger partial charge is 0.485 e. The van der Waals surface area contributed by atoms with E-state index in [9.17, 15) is 4.79 Å². The number of fused-ring (bicyclic) bond motifs is 1. The van der Waals surface area contributed by atoms with Crippen molar-refractivity contribution in [3.8, 4) is 5.75 Å². The third-order valence-electron chi connectivity index (χ3n) is 2.26. The molecule has 2 aromatic carbocycles. The monoisotopic (exact) mass is 234 g/mol. The highest BCUT2D eigenvalue weighted by Crippen LogP contribution is 2.31. The maximum atomic E-state index is 10.9. The van der Waals surface area contributed by atoms with Gasteiger partial charge in [-0.15, -0.1) is 0 Å². The maximum absolute atomic E-state index is 10.9. The van der Waals surface area contributed by atoms with E-state index in [1.165, 1.54) is 6.92 Å². The molecule has 0 amide bonds. The summed E-state index contributed by atoms with van der Waals surface area (Å²) in [5.74, 6) is 0.689. The van der Waals surface area contributed by atoms with E-state index in [1.54, 1.807) is 12.1 Å². The quantitative estimate of drug-likeness (QED) is 0.813. The second-order valence-corrected chi connectivity index (χ2v) is 3.99. The predicted octanol–water partition coefficient (Wildman–Crippen LogP) is 3.46. The average molecular weight is 235 g/mol. The Morgan fingerprint density at radius 1 is 1.19 bits per heavy atom. The standard InChI is InChI=1S/C13H11ClO2/c1-9(15)8-16-13-7-6-12(14)10-4-2-3-5-11(10)13/h2-7H,8H2,1H3. The molecule has 0 saturated heterocycles. The summed E-state index contributed by atoms with van der Waals surface area (Å²) in [5.41, 5.74) is 0. The molecular formula is C13H11ClO2. The van der Waals surface area contributed by atoms with Gasteiger partial charge in [0, 0.05) is 15.8 Å². The first-order valence-electron chi connectivity index (χ1n) is 4.98. The second-order valence-electron chi connectivity index (χ2n) is 3.58. The van der Waals surface area contributed by atoms with Crippen LogP contribution in [-0.4, -0.2) is 12.4 Å². The molecule has 3 heteroatoms. The fourth-order valence-corrected chi connectivity index (χ4v) is 1.77. The van der Waals surface area contributed by atoms with E-state index in [-0.39, 0.29) is 12.4 Å². The molecule has 82 valence electrons. The summed E-state index contributed by atoms with van der Waals surface area (Å²) >= 11 is 6.07. The number of ether oxygens (including phenoxy) is 1. The highest BCUT2D eigenvalue weighted by atomic mass is 35.5. The molecule has 0 heterocycles. The van der Waals surface area contributed by atoms with Crippen molar-refractivity contribution < 1.29 is 9.53 Å². The first-order chi connectivity index (χ1) is 7.68. The molecule has 0 bridgehead atoms. The van der Waals surface area contributed by atoms with Crippen LogP contribution in [0.3, 0.4) is 0 Å². The summed E-state index contributed by atoms with van der Waals surface area (Å²) in [4.78, 5) is 10.9. The number of carbonyl (C=O) groups is 1. The average Bonchev–Trinajstić information content (AvgIpc) is 2.28. The number of hydrogen-bond acceptors (Lipinski definition) is 2. The topological polar surface area (TPSA) is 26.3 Å². The summed E-state index contributed by atoms with van der Waals surface area (Å²) in [6.45, 7) is 1.59. The van der Waals surface area contributed by atoms with Gasteiger partial charge in [-0.05, 0) is 19.1 Å². The summed E-state index contributed by atoms with van der Waals surface area (Å²) in [7, 11) is 0. The van der Waals surface area contributed by atoms with E-state index in [0.29, 0.717) is 10.8 Å². The van der Waals surface area contributed by atoms with Gasteiger partial charge < -0.3 is 4.74 Å². The van der Waals surface area contributed by atoms with Gasteiger partial charge in [0.2, 0.25) is 0 Å². The molecule has 0 unspecified atom stereocenters. The molecule has 16 heavy (non-hydrogen) atoms. The second kappa shape index (κ2) is 4.54. The van der Waals surface area contributed by atoms with Crippen molar-refractivity contribution in [1.29, 1.82) is 0 Å². The molecule has 0 atom stereocenters. The van der Waals surface area contributed by atoms with E-state index in [1.807, 2.05) is 24.3 Å². The normalized spacial score (nSPS) is 10.4. The Morgan fingerprint density at radius 2 is 1.88 bits per heavy atom. The van der Waals surface area contributed by atoms with Crippen LogP contribution in [0.2, 0.25) is 5.02 Å². The summed E-state index contributed by atoms with van der Waals surface area (Å²) in [6, 6.07) is 11.3. The van der Waals surface area contributed by atoms with Crippen LogP contribution >= 0.6 is 11.6 Å². The molecular weight excluding hydrogens is 224 g/mol. The Hall–Kier alpha value is -1.54. The van der Waals surface area contributed by atoms with Crippen LogP contribution in [0.15, 0.2) is 36.4 Å². The zero-order chi connectivity index (χ0) is 11.5. The van der Waals surface area contributed by atoms with E-state index in [4.69, 9.17) is 16.3 Å². The predicted molar refractivity (Wildman–Crippen MR) is 65.1 cm³/mol. The van der Waals surface area contributed by atoms with Crippen LogP contribution in [0.5, 0.6) is 5.75 Å². The van der Waals surface area contributed by atoms with Gasteiger partial charge in [-0.2, -0.15) is 0 Å². The van der Waals surface area contributed by atoms with E-state index >= 15 is 0 Å². The lowest BCUT2D eigenvalue weighted by atomic mass is 10.1. The van der Waals surface area contributed by atoms with Gasteiger partial charge in [0.25, 0.3) is 0 Å². The molecule has 0 radical (unpaired) electrons. The molecule has 2 nitrogen and oxygen atoms in total. The molecule has 0 aliphatic rings. The highest BCUT2D eigenvalue weighted by molar-refractivity contribution is 6.35. The minimum absolute atomic E-state index is 0.000897. The molecule has 0 fully saturated rings. The van der Waals surface area contributed by atoms with Gasteiger partial charge in [-0.1, -0.05) is 35.9 Å². The molecule has 2 rings (SSSR count). The lowest BCUT2D eigenvalue weighted by Gasteiger charge is -2.08. The first kappa shape index (κ1) is 11.0. The SMILES string of the molecule is CC(=O)COc1ccc(Cl)c2ccccc12. The Morgan fingerprint density at radius 3 is 2.56 bits per heavy atom. The Bertz CT molecular complexity index is 534. The lowest BCUT2D eigenvalue weighted by Crippen LogP contribution is -2.06. The number of halogens is 1. The molecule has 2 aromatic rings. The third-order valence-corrected chi connectivity index (χ3v) is 2.59. The van der Waals surface area contributed by atoms with Gasteiger partial charge in [0.15, 0.2) is 5.78 Å². The number of carbonyl (C=O) groups excluding carboxylic acids is 1. The summed E-state index contributed by atoms with van der Waals surface area (Å²) in [6.07, 6.45) is 0. The van der Waals surface area contributed by atoms with Crippen LogP contribution in [0, 0.1) is 0 Å². The van der Waals surface area contributed by atoms with Crippen LogP contribution < -0.4 is 4.74 Å². The van der Waals surface area contributed by atoms with E-state index < -0.39 is 0 Å². The third kappa shape index (κ3) is 2.17. The lowest BCUT2D eigenvalue weighted by molar-refractivity contribution is -0.118. The number of rotatable bonds is 3. The summed E-state index contributed by atoms with van der Waals surface area (Å²) < 4.78 is 5.43. The summed E-state index contributed by atoms with van der Waals surface area (Å²) in [5, 5.41) is 2.55. The number of hydrogen-bond donors (Lipinski definition) is 0. The van der Waals surface area contributed by atoms with Crippen molar-refractivity contribution in [2.24, 2.45) is 0 Å². The van der Waals surface area contributed by atoms with E-state index in [2.05, 4.69) is 0 Å². The molecule has 0 saturated carbocycles. The number of ketones is 1. The van der Waals surface area contributed by atoms with Crippen molar-refractivity contribution in [2.75, 3.05) is 6.61 Å². The van der Waals surface area contributed by atoms with Gasteiger partial charge in [-0.25, -0.2) is 0 Å². The van der Waals surface area contributed by atoms with Gasteiger partial charge in [-0.3, -0.25) is 4.79 Å². The van der Waals surface area contributed by atoms with Crippen LogP contribution in [0.25, 0.3) is 10.8 Å². The molecule has 0 aliphatic carbocycles. The van der Waals surface area contributed by atoms with Crippen molar-refractivity contribution in [1.82, 2.24) is 0 Å². The van der Waals surface area contributed by atoms with Gasteiger partial charge >= 0.3 is 0 Å². The van der Waals surface area contributed by atoms with Crippen molar-refractivity contribution in [3.05, 3.63) is 41.4 Å². The van der Waals surface area contributed by atoms with E-state index in [0.717, 1.165) is 10.8 Å². The van der Waals surface area contributed by atoms with Crippen LogP contribution in [0.4, 0.5) is 0 Å². The van der Waals surface area contributed by atoms with Crippen molar-refractivity contribution in [2.45, 2.75) is 6.92 Å². The molecule has 0 aliphatic heterocycles. The fraction of sp³-hybridized carbons (Fsp3) is 0.154. The minimum atomic E-state index is -0.000897.